The molecule has 0 aliphatic heterocycles. The van der Waals surface area contributed by atoms with E-state index >= 15 is 0 Å². The van der Waals surface area contributed by atoms with E-state index in [1.165, 1.54) is 6.20 Å². The van der Waals surface area contributed by atoms with Gasteiger partial charge in [-0.05, 0) is 34.1 Å². The van der Waals surface area contributed by atoms with Crippen molar-refractivity contribution in [1.82, 2.24) is 15.0 Å². The minimum Gasteiger partial charge on any atom is -0.435 e. The SMILES string of the molecule is Clc1ccc(Oc2ccccc2Oc2ncc(Br)cn2)nc1. The van der Waals surface area contributed by atoms with Gasteiger partial charge in [0.2, 0.25) is 5.88 Å². The number of aromatic nitrogens is 3. The summed E-state index contributed by atoms with van der Waals surface area (Å²) in [6.45, 7) is 0. The Morgan fingerprint density at radius 3 is 2.14 bits per heavy atom. The van der Waals surface area contributed by atoms with Gasteiger partial charge in [0, 0.05) is 24.7 Å². The quantitative estimate of drug-likeness (QED) is 0.648. The van der Waals surface area contributed by atoms with Crippen molar-refractivity contribution >= 4 is 27.5 Å². The lowest BCUT2D eigenvalue weighted by Crippen LogP contribution is -1.94. The number of pyridine rings is 1. The lowest BCUT2D eigenvalue weighted by Gasteiger charge is -2.10. The van der Waals surface area contributed by atoms with E-state index in [1.54, 1.807) is 36.7 Å². The summed E-state index contributed by atoms with van der Waals surface area (Å²) < 4.78 is 12.1. The topological polar surface area (TPSA) is 57.1 Å². The van der Waals surface area contributed by atoms with Crippen molar-refractivity contribution in [3.8, 4) is 23.4 Å². The molecule has 0 atom stereocenters. The largest absolute Gasteiger partial charge is 0.435 e. The van der Waals surface area contributed by atoms with E-state index in [-0.39, 0.29) is 6.01 Å². The van der Waals surface area contributed by atoms with Gasteiger partial charge in [-0.3, -0.25) is 0 Å². The summed E-state index contributed by atoms with van der Waals surface area (Å²) in [6, 6.07) is 10.8. The highest BCUT2D eigenvalue weighted by Gasteiger charge is 2.09. The standard InChI is InChI=1S/C15H9BrClN3O2/c16-10-7-19-15(20-8-10)22-13-4-2-1-3-12(13)21-14-6-5-11(17)9-18-14/h1-9H. The molecule has 0 radical (unpaired) electrons. The van der Waals surface area contributed by atoms with Crippen LogP contribution in [0.4, 0.5) is 0 Å². The molecule has 22 heavy (non-hydrogen) atoms. The van der Waals surface area contributed by atoms with Crippen LogP contribution in [0.5, 0.6) is 23.4 Å². The molecule has 0 saturated heterocycles. The Balaban J connectivity index is 1.83. The molecular formula is C15H9BrClN3O2. The van der Waals surface area contributed by atoms with Crippen LogP contribution in [0.15, 0.2) is 59.5 Å². The summed E-state index contributed by atoms with van der Waals surface area (Å²) in [5, 5.41) is 0.542. The van der Waals surface area contributed by atoms with E-state index in [0.29, 0.717) is 22.4 Å². The number of para-hydroxylation sites is 2. The van der Waals surface area contributed by atoms with Crippen LogP contribution >= 0.6 is 27.5 Å². The van der Waals surface area contributed by atoms with E-state index in [4.69, 9.17) is 21.1 Å². The molecule has 0 fully saturated rings. The zero-order valence-corrected chi connectivity index (χ0v) is 13.5. The van der Waals surface area contributed by atoms with Crippen LogP contribution in [0, 0.1) is 0 Å². The molecule has 2 heterocycles. The van der Waals surface area contributed by atoms with Gasteiger partial charge < -0.3 is 9.47 Å². The van der Waals surface area contributed by atoms with Gasteiger partial charge in [0.1, 0.15) is 0 Å². The zero-order chi connectivity index (χ0) is 15.4. The maximum absolute atomic E-state index is 5.80. The fourth-order valence-corrected chi connectivity index (χ4v) is 1.92. The average molecular weight is 379 g/mol. The summed E-state index contributed by atoms with van der Waals surface area (Å²) in [4.78, 5) is 12.2. The van der Waals surface area contributed by atoms with Gasteiger partial charge in [0.05, 0.1) is 9.50 Å². The first-order chi connectivity index (χ1) is 10.7. The molecule has 0 aliphatic rings. The van der Waals surface area contributed by atoms with Crippen LogP contribution in [0.1, 0.15) is 0 Å². The number of halogens is 2. The number of benzene rings is 1. The number of hydrogen-bond donors (Lipinski definition) is 0. The fourth-order valence-electron chi connectivity index (χ4n) is 1.61. The molecule has 7 heteroatoms. The molecule has 0 aliphatic carbocycles. The van der Waals surface area contributed by atoms with E-state index < -0.39 is 0 Å². The number of nitrogens with zero attached hydrogens (tertiary/aromatic N) is 3. The Labute approximate surface area is 140 Å². The smallest absolute Gasteiger partial charge is 0.322 e. The second-order valence-electron chi connectivity index (χ2n) is 4.15. The Morgan fingerprint density at radius 2 is 1.50 bits per heavy atom. The molecule has 0 amide bonds. The highest BCUT2D eigenvalue weighted by atomic mass is 79.9. The van der Waals surface area contributed by atoms with Gasteiger partial charge in [-0.25, -0.2) is 15.0 Å². The third kappa shape index (κ3) is 3.72. The Bertz CT molecular complexity index is 700. The molecule has 3 aromatic rings. The maximum Gasteiger partial charge on any atom is 0.322 e. The van der Waals surface area contributed by atoms with E-state index in [1.807, 2.05) is 12.1 Å². The second-order valence-corrected chi connectivity index (χ2v) is 5.50. The summed E-state index contributed by atoms with van der Waals surface area (Å²) in [6.07, 6.45) is 4.72. The molecule has 0 bridgehead atoms. The minimum atomic E-state index is 0.225. The van der Waals surface area contributed by atoms with E-state index in [9.17, 15) is 0 Å². The van der Waals surface area contributed by atoms with Crippen LogP contribution in [-0.2, 0) is 0 Å². The number of ether oxygens (including phenoxy) is 2. The van der Waals surface area contributed by atoms with Crippen LogP contribution in [-0.4, -0.2) is 15.0 Å². The van der Waals surface area contributed by atoms with Crippen molar-refractivity contribution in [2.24, 2.45) is 0 Å². The molecular weight excluding hydrogens is 370 g/mol. The van der Waals surface area contributed by atoms with Crippen molar-refractivity contribution in [2.75, 3.05) is 0 Å². The Morgan fingerprint density at radius 1 is 0.818 bits per heavy atom. The third-order valence-corrected chi connectivity index (χ3v) is 3.19. The maximum atomic E-state index is 5.80. The van der Waals surface area contributed by atoms with Crippen molar-refractivity contribution in [1.29, 1.82) is 0 Å². The molecule has 0 spiro atoms. The number of rotatable bonds is 4. The number of hydrogen-bond acceptors (Lipinski definition) is 5. The van der Waals surface area contributed by atoms with Gasteiger partial charge in [-0.2, -0.15) is 0 Å². The molecule has 110 valence electrons. The van der Waals surface area contributed by atoms with Crippen molar-refractivity contribution in [2.45, 2.75) is 0 Å². The summed E-state index contributed by atoms with van der Waals surface area (Å²) in [5.74, 6) is 1.41. The van der Waals surface area contributed by atoms with Gasteiger partial charge >= 0.3 is 6.01 Å². The Kier molecular flexibility index (Phi) is 4.50. The normalized spacial score (nSPS) is 10.3. The summed E-state index contributed by atoms with van der Waals surface area (Å²) in [5.41, 5.74) is 0. The van der Waals surface area contributed by atoms with Crippen LogP contribution in [0.2, 0.25) is 5.02 Å². The molecule has 1 aromatic carbocycles. The van der Waals surface area contributed by atoms with Crippen molar-refractivity contribution < 1.29 is 9.47 Å². The summed E-state index contributed by atoms with van der Waals surface area (Å²) >= 11 is 9.07. The lowest BCUT2D eigenvalue weighted by atomic mass is 10.3. The van der Waals surface area contributed by atoms with Gasteiger partial charge in [-0.15, -0.1) is 0 Å². The monoisotopic (exact) mass is 377 g/mol. The molecule has 2 aromatic heterocycles. The lowest BCUT2D eigenvalue weighted by molar-refractivity contribution is 0.392. The van der Waals surface area contributed by atoms with Crippen LogP contribution in [0.3, 0.4) is 0 Å². The first kappa shape index (κ1) is 14.7. The predicted molar refractivity (Wildman–Crippen MR) is 85.6 cm³/mol. The first-order valence-electron chi connectivity index (χ1n) is 6.24. The molecule has 0 N–H and O–H groups in total. The predicted octanol–water partition coefficient (Wildman–Crippen LogP) is 4.87. The van der Waals surface area contributed by atoms with Crippen LogP contribution < -0.4 is 9.47 Å². The van der Waals surface area contributed by atoms with E-state index in [0.717, 1.165) is 4.47 Å². The first-order valence-corrected chi connectivity index (χ1v) is 7.41. The highest BCUT2D eigenvalue weighted by Crippen LogP contribution is 2.33. The Hall–Kier alpha value is -2.18. The summed E-state index contributed by atoms with van der Waals surface area (Å²) in [7, 11) is 0. The van der Waals surface area contributed by atoms with Crippen molar-refractivity contribution in [3.05, 3.63) is 64.5 Å². The van der Waals surface area contributed by atoms with Gasteiger partial charge in [0.25, 0.3) is 0 Å². The minimum absolute atomic E-state index is 0.225. The molecule has 0 saturated carbocycles. The zero-order valence-electron chi connectivity index (χ0n) is 11.1. The third-order valence-electron chi connectivity index (χ3n) is 2.56. The highest BCUT2D eigenvalue weighted by molar-refractivity contribution is 9.10. The van der Waals surface area contributed by atoms with E-state index in [2.05, 4.69) is 30.9 Å². The van der Waals surface area contributed by atoms with Crippen molar-refractivity contribution in [3.63, 3.8) is 0 Å². The fraction of sp³-hybridized carbons (Fsp3) is 0. The van der Waals surface area contributed by atoms with Gasteiger partial charge in [-0.1, -0.05) is 23.7 Å². The molecule has 0 unspecified atom stereocenters. The van der Waals surface area contributed by atoms with Crippen LogP contribution in [0.25, 0.3) is 0 Å². The molecule has 3 rings (SSSR count). The second kappa shape index (κ2) is 6.72. The average Bonchev–Trinajstić information content (AvgIpc) is 2.54. The molecule has 5 nitrogen and oxygen atoms in total. The van der Waals surface area contributed by atoms with Gasteiger partial charge in [0.15, 0.2) is 11.5 Å².